The van der Waals surface area contributed by atoms with Crippen molar-refractivity contribution in [2.45, 2.75) is 52.6 Å². The molecule has 0 aromatic carbocycles. The monoisotopic (exact) mass is 281 g/mol. The van der Waals surface area contributed by atoms with Crippen LogP contribution < -0.4 is 5.32 Å². The van der Waals surface area contributed by atoms with E-state index in [2.05, 4.69) is 63.0 Å². The van der Waals surface area contributed by atoms with Crippen molar-refractivity contribution in [3.05, 3.63) is 11.6 Å². The molecule has 1 saturated heterocycles. The molecular formula is C17H35N3. The van der Waals surface area contributed by atoms with Gasteiger partial charge >= 0.3 is 0 Å². The van der Waals surface area contributed by atoms with Crippen LogP contribution in [0.1, 0.15) is 40.5 Å². The third-order valence-electron chi connectivity index (χ3n) is 4.39. The summed E-state index contributed by atoms with van der Waals surface area (Å²) >= 11 is 0. The van der Waals surface area contributed by atoms with Gasteiger partial charge < -0.3 is 10.2 Å². The predicted octanol–water partition coefficient (Wildman–Crippen LogP) is 2.59. The van der Waals surface area contributed by atoms with Crippen molar-refractivity contribution in [3.63, 3.8) is 0 Å². The lowest BCUT2D eigenvalue weighted by Gasteiger charge is -2.34. The Hall–Kier alpha value is -0.380. The SMILES string of the molecule is CC(C)=CCN1CCC(NCC(C(C)C)N(C)C)CC1. The summed E-state index contributed by atoms with van der Waals surface area (Å²) in [6, 6.07) is 1.35. The Morgan fingerprint density at radius 2 is 1.85 bits per heavy atom. The zero-order valence-electron chi connectivity index (χ0n) is 14.4. The number of nitrogens with zero attached hydrogens (tertiary/aromatic N) is 2. The smallest absolute Gasteiger partial charge is 0.0237 e. The van der Waals surface area contributed by atoms with E-state index in [1.54, 1.807) is 0 Å². The quantitative estimate of drug-likeness (QED) is 0.724. The average molecular weight is 281 g/mol. The molecule has 1 aliphatic rings. The molecule has 0 radical (unpaired) electrons. The van der Waals surface area contributed by atoms with E-state index < -0.39 is 0 Å². The fourth-order valence-electron chi connectivity index (χ4n) is 2.93. The highest BCUT2D eigenvalue weighted by Crippen LogP contribution is 2.12. The van der Waals surface area contributed by atoms with Gasteiger partial charge in [-0.15, -0.1) is 0 Å². The van der Waals surface area contributed by atoms with Gasteiger partial charge in [-0.3, -0.25) is 4.90 Å². The minimum absolute atomic E-state index is 0.638. The van der Waals surface area contributed by atoms with Crippen molar-refractivity contribution < 1.29 is 0 Å². The highest BCUT2D eigenvalue weighted by molar-refractivity contribution is 4.95. The van der Waals surface area contributed by atoms with E-state index in [-0.39, 0.29) is 0 Å². The largest absolute Gasteiger partial charge is 0.312 e. The van der Waals surface area contributed by atoms with Crippen LogP contribution in [0.25, 0.3) is 0 Å². The Labute approximate surface area is 126 Å². The predicted molar refractivity (Wildman–Crippen MR) is 89.2 cm³/mol. The fourth-order valence-corrected chi connectivity index (χ4v) is 2.93. The maximum Gasteiger partial charge on any atom is 0.0237 e. The Bertz CT molecular complexity index is 277. The number of allylic oxidation sites excluding steroid dienone is 1. The second-order valence-electron chi connectivity index (χ2n) is 7.04. The van der Waals surface area contributed by atoms with Crippen LogP contribution in [0.2, 0.25) is 0 Å². The van der Waals surface area contributed by atoms with E-state index in [1.807, 2.05) is 0 Å². The first-order valence-corrected chi connectivity index (χ1v) is 8.15. The molecule has 1 rings (SSSR count). The molecule has 20 heavy (non-hydrogen) atoms. The summed E-state index contributed by atoms with van der Waals surface area (Å²) in [4.78, 5) is 4.92. The minimum Gasteiger partial charge on any atom is -0.312 e. The van der Waals surface area contributed by atoms with Crippen LogP contribution in [0, 0.1) is 5.92 Å². The first-order chi connectivity index (χ1) is 9.40. The minimum atomic E-state index is 0.638. The van der Waals surface area contributed by atoms with Crippen molar-refractivity contribution >= 4 is 0 Å². The van der Waals surface area contributed by atoms with Crippen LogP contribution in [0.15, 0.2) is 11.6 Å². The van der Waals surface area contributed by atoms with E-state index in [1.165, 1.54) is 31.5 Å². The molecule has 1 N–H and O–H groups in total. The molecule has 1 unspecified atom stereocenters. The lowest BCUT2D eigenvalue weighted by Crippen LogP contribution is -2.48. The summed E-state index contributed by atoms with van der Waals surface area (Å²) in [5, 5.41) is 3.79. The molecule has 1 aliphatic heterocycles. The molecule has 0 aliphatic carbocycles. The van der Waals surface area contributed by atoms with Gasteiger partial charge in [0, 0.05) is 25.2 Å². The first kappa shape index (κ1) is 17.7. The van der Waals surface area contributed by atoms with Crippen LogP contribution in [0.4, 0.5) is 0 Å². The van der Waals surface area contributed by atoms with E-state index in [9.17, 15) is 0 Å². The molecule has 0 amide bonds. The third-order valence-corrected chi connectivity index (χ3v) is 4.39. The summed E-state index contributed by atoms with van der Waals surface area (Å²) < 4.78 is 0. The van der Waals surface area contributed by atoms with Gasteiger partial charge in [0.25, 0.3) is 0 Å². The van der Waals surface area contributed by atoms with Crippen molar-refractivity contribution in [2.75, 3.05) is 40.3 Å². The first-order valence-electron chi connectivity index (χ1n) is 8.15. The molecule has 0 aromatic rings. The van der Waals surface area contributed by atoms with Gasteiger partial charge in [-0.2, -0.15) is 0 Å². The molecule has 1 heterocycles. The van der Waals surface area contributed by atoms with Crippen molar-refractivity contribution in [1.29, 1.82) is 0 Å². The Balaban J connectivity index is 2.27. The number of nitrogens with one attached hydrogen (secondary N) is 1. The zero-order valence-corrected chi connectivity index (χ0v) is 14.4. The molecular weight excluding hydrogens is 246 g/mol. The molecule has 3 nitrogen and oxygen atoms in total. The number of rotatable bonds is 7. The number of likely N-dealkylation sites (tertiary alicyclic amines) is 1. The van der Waals surface area contributed by atoms with Crippen LogP contribution >= 0.6 is 0 Å². The number of piperidine rings is 1. The van der Waals surface area contributed by atoms with Crippen LogP contribution in [0.5, 0.6) is 0 Å². The second-order valence-corrected chi connectivity index (χ2v) is 7.04. The molecule has 0 spiro atoms. The number of hydrogen-bond donors (Lipinski definition) is 1. The Kier molecular flexibility index (Phi) is 7.78. The van der Waals surface area contributed by atoms with Gasteiger partial charge in [-0.25, -0.2) is 0 Å². The molecule has 0 aromatic heterocycles. The fraction of sp³-hybridized carbons (Fsp3) is 0.882. The van der Waals surface area contributed by atoms with Crippen LogP contribution in [-0.4, -0.2) is 62.2 Å². The highest BCUT2D eigenvalue weighted by atomic mass is 15.2. The molecule has 0 saturated carbocycles. The maximum atomic E-state index is 3.79. The Morgan fingerprint density at radius 1 is 1.25 bits per heavy atom. The molecule has 1 atom stereocenters. The van der Waals surface area contributed by atoms with Gasteiger partial charge in [0.15, 0.2) is 0 Å². The standard InChI is InChI=1S/C17H35N3/c1-14(2)7-10-20-11-8-16(9-12-20)18-13-17(15(3)4)19(5)6/h7,15-18H,8-13H2,1-6H3. The molecule has 0 bridgehead atoms. The second kappa shape index (κ2) is 8.81. The number of likely N-dealkylation sites (N-methyl/N-ethyl adjacent to an activating group) is 1. The molecule has 3 heteroatoms. The van der Waals surface area contributed by atoms with Gasteiger partial charge in [0.05, 0.1) is 0 Å². The van der Waals surface area contributed by atoms with E-state index in [0.29, 0.717) is 18.0 Å². The van der Waals surface area contributed by atoms with Gasteiger partial charge in [-0.1, -0.05) is 25.5 Å². The normalized spacial score (nSPS) is 19.6. The lowest BCUT2D eigenvalue weighted by molar-refractivity contribution is 0.185. The summed E-state index contributed by atoms with van der Waals surface area (Å²) in [7, 11) is 4.38. The average Bonchev–Trinajstić information content (AvgIpc) is 2.37. The Morgan fingerprint density at radius 3 is 2.30 bits per heavy atom. The van der Waals surface area contributed by atoms with Crippen molar-refractivity contribution in [1.82, 2.24) is 15.1 Å². The zero-order chi connectivity index (χ0) is 15.1. The van der Waals surface area contributed by atoms with Crippen molar-refractivity contribution in [3.8, 4) is 0 Å². The van der Waals surface area contributed by atoms with Crippen molar-refractivity contribution in [2.24, 2.45) is 5.92 Å². The molecule has 118 valence electrons. The summed E-state index contributed by atoms with van der Waals surface area (Å²) in [5.41, 5.74) is 1.43. The molecule has 1 fully saturated rings. The lowest BCUT2D eigenvalue weighted by atomic mass is 10.0. The topological polar surface area (TPSA) is 18.5 Å². The van der Waals surface area contributed by atoms with Gasteiger partial charge in [-0.05, 0) is 59.8 Å². The maximum absolute atomic E-state index is 3.79. The van der Waals surface area contributed by atoms with Crippen LogP contribution in [-0.2, 0) is 0 Å². The van der Waals surface area contributed by atoms with Gasteiger partial charge in [0.2, 0.25) is 0 Å². The van der Waals surface area contributed by atoms with E-state index in [0.717, 1.165) is 13.1 Å². The van der Waals surface area contributed by atoms with E-state index in [4.69, 9.17) is 0 Å². The summed E-state index contributed by atoms with van der Waals surface area (Å²) in [6.07, 6.45) is 4.91. The van der Waals surface area contributed by atoms with Gasteiger partial charge in [0.1, 0.15) is 0 Å². The van der Waals surface area contributed by atoms with Crippen LogP contribution in [0.3, 0.4) is 0 Å². The number of hydrogen-bond acceptors (Lipinski definition) is 3. The summed E-state index contributed by atoms with van der Waals surface area (Å²) in [5.74, 6) is 0.704. The van der Waals surface area contributed by atoms with E-state index >= 15 is 0 Å². The third kappa shape index (κ3) is 6.38. The summed E-state index contributed by atoms with van der Waals surface area (Å²) in [6.45, 7) is 13.7. The highest BCUT2D eigenvalue weighted by Gasteiger charge is 2.21.